The number of carbonyl (C=O) groups excluding carboxylic acids is 2. The Morgan fingerprint density at radius 2 is 2.10 bits per heavy atom. The molecule has 1 rings (SSSR count). The van der Waals surface area contributed by atoms with E-state index in [0.29, 0.717) is 18.2 Å². The zero-order chi connectivity index (χ0) is 15.8. The number of hydrogen-bond acceptors (Lipinski definition) is 5. The first-order valence-corrected chi connectivity index (χ1v) is 6.86. The molecule has 1 aromatic rings. The van der Waals surface area contributed by atoms with Crippen molar-refractivity contribution in [1.82, 2.24) is 10.3 Å². The number of carbonyl (C=O) groups is 2. The lowest BCUT2D eigenvalue weighted by molar-refractivity contribution is -0.125. The molecule has 0 aliphatic heterocycles. The van der Waals surface area contributed by atoms with Gasteiger partial charge in [0.25, 0.3) is 0 Å². The van der Waals surface area contributed by atoms with Crippen LogP contribution in [-0.2, 0) is 9.59 Å². The Balaban J connectivity index is 2.41. The lowest BCUT2D eigenvalue weighted by Gasteiger charge is -2.15. The monoisotopic (exact) mass is 294 g/mol. The fraction of sp³-hybridized carbons (Fsp3) is 0.500. The summed E-state index contributed by atoms with van der Waals surface area (Å²) in [6.45, 7) is 5.95. The Bertz CT molecular complexity index is 474. The van der Waals surface area contributed by atoms with Gasteiger partial charge in [-0.05, 0) is 18.9 Å². The molecule has 0 saturated carbocycles. The number of anilines is 1. The van der Waals surface area contributed by atoms with Crippen LogP contribution in [-0.4, -0.2) is 36.0 Å². The topological polar surface area (TPSA) is 106 Å². The van der Waals surface area contributed by atoms with Gasteiger partial charge in [0.05, 0.1) is 31.1 Å². The third-order valence-corrected chi connectivity index (χ3v) is 2.76. The predicted octanol–water partition coefficient (Wildman–Crippen LogP) is 0.518. The standard InChI is InChI=1S/C14H22N4O3/c1-4-21-12-6-5-10(7-16-12)18-11(19)8-17-14(20)13(15)9(2)3/h5-7,9,13H,4,8,15H2,1-3H3,(H,17,20)(H,18,19)/t13-/m0/s1. The van der Waals surface area contributed by atoms with Gasteiger partial charge in [0, 0.05) is 6.07 Å². The molecule has 1 heterocycles. The van der Waals surface area contributed by atoms with Crippen LogP contribution in [0.25, 0.3) is 0 Å². The Labute approximate surface area is 124 Å². The van der Waals surface area contributed by atoms with E-state index in [1.807, 2.05) is 20.8 Å². The summed E-state index contributed by atoms with van der Waals surface area (Å²) in [5.74, 6) is -0.176. The summed E-state index contributed by atoms with van der Waals surface area (Å²) < 4.78 is 5.20. The number of pyridine rings is 1. The van der Waals surface area contributed by atoms with Gasteiger partial charge in [-0.15, -0.1) is 0 Å². The maximum absolute atomic E-state index is 11.7. The number of nitrogens with one attached hydrogen (secondary N) is 2. The van der Waals surface area contributed by atoms with E-state index in [-0.39, 0.29) is 24.3 Å². The highest BCUT2D eigenvalue weighted by Gasteiger charge is 2.17. The number of aromatic nitrogens is 1. The Morgan fingerprint density at radius 3 is 2.62 bits per heavy atom. The predicted molar refractivity (Wildman–Crippen MR) is 79.9 cm³/mol. The third kappa shape index (κ3) is 5.78. The van der Waals surface area contributed by atoms with Gasteiger partial charge in [-0.25, -0.2) is 4.98 Å². The maximum atomic E-state index is 11.7. The Hall–Kier alpha value is -2.15. The van der Waals surface area contributed by atoms with Crippen molar-refractivity contribution >= 4 is 17.5 Å². The van der Waals surface area contributed by atoms with E-state index in [9.17, 15) is 9.59 Å². The van der Waals surface area contributed by atoms with E-state index in [0.717, 1.165) is 0 Å². The first-order chi connectivity index (χ1) is 9.93. The molecule has 0 aromatic carbocycles. The number of ether oxygens (including phenoxy) is 1. The van der Waals surface area contributed by atoms with E-state index in [2.05, 4.69) is 15.6 Å². The van der Waals surface area contributed by atoms with Gasteiger partial charge >= 0.3 is 0 Å². The van der Waals surface area contributed by atoms with Gasteiger partial charge < -0.3 is 21.1 Å². The van der Waals surface area contributed by atoms with Gasteiger partial charge in [-0.1, -0.05) is 13.8 Å². The summed E-state index contributed by atoms with van der Waals surface area (Å²) in [7, 11) is 0. The van der Waals surface area contributed by atoms with Gasteiger partial charge in [-0.2, -0.15) is 0 Å². The number of nitrogens with zero attached hydrogens (tertiary/aromatic N) is 1. The fourth-order valence-electron chi connectivity index (χ4n) is 1.48. The smallest absolute Gasteiger partial charge is 0.243 e. The van der Waals surface area contributed by atoms with Crippen LogP contribution >= 0.6 is 0 Å². The largest absolute Gasteiger partial charge is 0.478 e. The number of rotatable bonds is 7. The highest BCUT2D eigenvalue weighted by atomic mass is 16.5. The summed E-state index contributed by atoms with van der Waals surface area (Å²) in [4.78, 5) is 27.3. The summed E-state index contributed by atoms with van der Waals surface area (Å²) in [6.07, 6.45) is 1.49. The molecule has 7 heteroatoms. The van der Waals surface area contributed by atoms with Crippen LogP contribution in [0.15, 0.2) is 18.3 Å². The minimum atomic E-state index is -0.620. The average molecular weight is 294 g/mol. The van der Waals surface area contributed by atoms with Crippen LogP contribution in [0.2, 0.25) is 0 Å². The molecule has 21 heavy (non-hydrogen) atoms. The summed E-state index contributed by atoms with van der Waals surface area (Å²) >= 11 is 0. The molecule has 0 aliphatic rings. The molecule has 1 aromatic heterocycles. The van der Waals surface area contributed by atoms with E-state index >= 15 is 0 Å². The van der Waals surface area contributed by atoms with Crippen LogP contribution in [0, 0.1) is 5.92 Å². The summed E-state index contributed by atoms with van der Waals surface area (Å²) in [5.41, 5.74) is 6.21. The molecule has 116 valence electrons. The maximum Gasteiger partial charge on any atom is 0.243 e. The molecule has 0 radical (unpaired) electrons. The first kappa shape index (κ1) is 16.9. The van der Waals surface area contributed by atoms with Crippen molar-refractivity contribution in [2.45, 2.75) is 26.8 Å². The van der Waals surface area contributed by atoms with Crippen molar-refractivity contribution in [1.29, 1.82) is 0 Å². The number of amides is 2. The highest BCUT2D eigenvalue weighted by molar-refractivity contribution is 5.95. The molecule has 0 saturated heterocycles. The third-order valence-electron chi connectivity index (χ3n) is 2.76. The van der Waals surface area contributed by atoms with Gasteiger partial charge in [0.15, 0.2) is 0 Å². The molecule has 4 N–H and O–H groups in total. The van der Waals surface area contributed by atoms with Crippen molar-refractivity contribution in [2.75, 3.05) is 18.5 Å². The van der Waals surface area contributed by atoms with Crippen molar-refractivity contribution in [3.63, 3.8) is 0 Å². The van der Waals surface area contributed by atoms with Crippen LogP contribution < -0.4 is 21.1 Å². The van der Waals surface area contributed by atoms with E-state index in [1.54, 1.807) is 12.1 Å². The molecular weight excluding hydrogens is 272 g/mol. The lowest BCUT2D eigenvalue weighted by atomic mass is 10.1. The second-order valence-corrected chi connectivity index (χ2v) is 4.85. The van der Waals surface area contributed by atoms with E-state index < -0.39 is 6.04 Å². The molecule has 2 amide bonds. The van der Waals surface area contributed by atoms with Crippen molar-refractivity contribution in [2.24, 2.45) is 11.7 Å². The van der Waals surface area contributed by atoms with Gasteiger partial charge in [0.1, 0.15) is 0 Å². The molecular formula is C14H22N4O3. The number of hydrogen-bond donors (Lipinski definition) is 3. The summed E-state index contributed by atoms with van der Waals surface area (Å²) in [5, 5.41) is 5.12. The molecule has 0 aliphatic carbocycles. The SMILES string of the molecule is CCOc1ccc(NC(=O)CNC(=O)[C@@H](N)C(C)C)cn1. The van der Waals surface area contributed by atoms with Crippen LogP contribution in [0.5, 0.6) is 5.88 Å². The van der Waals surface area contributed by atoms with Gasteiger partial charge in [0.2, 0.25) is 17.7 Å². The Kier molecular flexibility index (Phi) is 6.61. The van der Waals surface area contributed by atoms with Crippen molar-refractivity contribution < 1.29 is 14.3 Å². The molecule has 0 fully saturated rings. The lowest BCUT2D eigenvalue weighted by Crippen LogP contribution is -2.46. The second-order valence-electron chi connectivity index (χ2n) is 4.85. The first-order valence-electron chi connectivity index (χ1n) is 6.86. The van der Waals surface area contributed by atoms with E-state index in [4.69, 9.17) is 10.5 Å². The quantitative estimate of drug-likeness (QED) is 0.679. The Morgan fingerprint density at radius 1 is 1.38 bits per heavy atom. The zero-order valence-corrected chi connectivity index (χ0v) is 12.6. The van der Waals surface area contributed by atoms with Crippen molar-refractivity contribution in [3.05, 3.63) is 18.3 Å². The molecule has 0 spiro atoms. The average Bonchev–Trinajstić information content (AvgIpc) is 2.46. The fourth-order valence-corrected chi connectivity index (χ4v) is 1.48. The van der Waals surface area contributed by atoms with Crippen LogP contribution in [0.4, 0.5) is 5.69 Å². The van der Waals surface area contributed by atoms with Crippen molar-refractivity contribution in [3.8, 4) is 5.88 Å². The number of nitrogens with two attached hydrogens (primary N) is 1. The summed E-state index contributed by atoms with van der Waals surface area (Å²) in [6, 6.07) is 2.72. The molecule has 0 unspecified atom stereocenters. The highest BCUT2D eigenvalue weighted by Crippen LogP contribution is 2.11. The van der Waals surface area contributed by atoms with Crippen LogP contribution in [0.3, 0.4) is 0 Å². The minimum Gasteiger partial charge on any atom is -0.478 e. The minimum absolute atomic E-state index is 0.0170. The second kappa shape index (κ2) is 8.21. The molecule has 7 nitrogen and oxygen atoms in total. The zero-order valence-electron chi connectivity index (χ0n) is 12.6. The molecule has 0 bridgehead atoms. The van der Waals surface area contributed by atoms with Crippen LogP contribution in [0.1, 0.15) is 20.8 Å². The van der Waals surface area contributed by atoms with E-state index in [1.165, 1.54) is 6.20 Å². The van der Waals surface area contributed by atoms with Gasteiger partial charge in [-0.3, -0.25) is 9.59 Å². The normalized spacial score (nSPS) is 11.9. The molecule has 1 atom stereocenters.